The van der Waals surface area contributed by atoms with Gasteiger partial charge in [-0.05, 0) is 53.8 Å². The molecule has 0 unspecified atom stereocenters. The Hall–Kier alpha value is -3.86. The number of carbonyl (C=O) groups excluding carboxylic acids is 1. The molecule has 0 bridgehead atoms. The Morgan fingerprint density at radius 3 is 2.41 bits per heavy atom. The molecule has 5 heteroatoms. The van der Waals surface area contributed by atoms with Gasteiger partial charge in [-0.15, -0.1) is 0 Å². The summed E-state index contributed by atoms with van der Waals surface area (Å²) in [5, 5.41) is 9.99. The number of esters is 1. The minimum Gasteiger partial charge on any atom is -0.481 e. The molecule has 0 atom stereocenters. The van der Waals surface area contributed by atoms with Gasteiger partial charge in [0.25, 0.3) is 0 Å². The van der Waals surface area contributed by atoms with Crippen LogP contribution in [0.25, 0.3) is 33.3 Å². The van der Waals surface area contributed by atoms with Crippen molar-refractivity contribution in [2.45, 2.75) is 32.2 Å². The van der Waals surface area contributed by atoms with Gasteiger partial charge in [0.1, 0.15) is 5.75 Å². The number of nitrogens with zero attached hydrogens (tertiary/aromatic N) is 1. The highest BCUT2D eigenvalue weighted by atomic mass is 16.5. The first-order valence-corrected chi connectivity index (χ1v) is 10.8. The molecule has 1 aromatic heterocycles. The molecule has 3 aromatic carbocycles. The number of hydrogen-bond acceptors (Lipinski definition) is 3. The van der Waals surface area contributed by atoms with Crippen molar-refractivity contribution < 1.29 is 19.4 Å². The molecule has 2 heterocycles. The summed E-state index contributed by atoms with van der Waals surface area (Å²) in [6.07, 6.45) is 1.80. The van der Waals surface area contributed by atoms with Crippen LogP contribution in [0.2, 0.25) is 0 Å². The van der Waals surface area contributed by atoms with Crippen LogP contribution < -0.4 is 4.74 Å². The zero-order valence-electron chi connectivity index (χ0n) is 17.6. The Balaban J connectivity index is 1.58. The van der Waals surface area contributed by atoms with Gasteiger partial charge in [0.2, 0.25) is 0 Å². The molecule has 0 fully saturated rings. The van der Waals surface area contributed by atoms with E-state index in [0.717, 1.165) is 24.9 Å². The third-order valence-electron chi connectivity index (χ3n) is 5.96. The molecule has 0 saturated heterocycles. The number of hydrogen-bond donors (Lipinski definition) is 1. The van der Waals surface area contributed by atoms with E-state index in [1.807, 2.05) is 18.2 Å². The van der Waals surface area contributed by atoms with E-state index in [4.69, 9.17) is 9.84 Å². The fourth-order valence-electron chi connectivity index (χ4n) is 4.61. The number of aromatic nitrogens is 1. The van der Waals surface area contributed by atoms with Crippen molar-refractivity contribution in [3.63, 3.8) is 0 Å². The second-order valence-corrected chi connectivity index (χ2v) is 8.05. The van der Waals surface area contributed by atoms with E-state index < -0.39 is 11.9 Å². The van der Waals surface area contributed by atoms with E-state index in [0.29, 0.717) is 5.75 Å². The lowest BCUT2D eigenvalue weighted by Gasteiger charge is -2.18. The van der Waals surface area contributed by atoms with Gasteiger partial charge in [0.05, 0.1) is 24.1 Å². The molecule has 0 amide bonds. The van der Waals surface area contributed by atoms with Gasteiger partial charge in [-0.1, -0.05) is 48.5 Å². The lowest BCUT2D eigenvalue weighted by atomic mass is 9.97. The largest absolute Gasteiger partial charge is 0.481 e. The summed E-state index contributed by atoms with van der Waals surface area (Å²) in [6.45, 7) is 0.960. The number of ether oxygens (including phenoxy) is 1. The first-order chi connectivity index (χ1) is 15.6. The molecule has 1 N–H and O–H groups in total. The third-order valence-corrected chi connectivity index (χ3v) is 5.96. The highest BCUT2D eigenvalue weighted by Gasteiger charge is 2.24. The topological polar surface area (TPSA) is 68.5 Å². The molecular weight excluding hydrogens is 402 g/mol. The van der Waals surface area contributed by atoms with Gasteiger partial charge in [-0.2, -0.15) is 0 Å². The molecule has 0 aliphatic carbocycles. The summed E-state index contributed by atoms with van der Waals surface area (Å²) in [5.41, 5.74) is 7.29. The minimum atomic E-state index is -1.01. The van der Waals surface area contributed by atoms with Crippen molar-refractivity contribution in [3.05, 3.63) is 78.4 Å². The van der Waals surface area contributed by atoms with E-state index in [1.54, 1.807) is 12.1 Å². The van der Waals surface area contributed by atoms with Gasteiger partial charge < -0.3 is 14.4 Å². The van der Waals surface area contributed by atoms with Crippen LogP contribution >= 0.6 is 0 Å². The average molecular weight is 425 g/mol. The highest BCUT2D eigenvalue weighted by molar-refractivity contribution is 6.06. The predicted molar refractivity (Wildman–Crippen MR) is 124 cm³/mol. The monoisotopic (exact) mass is 425 g/mol. The smallest absolute Gasteiger partial charge is 0.311 e. The zero-order chi connectivity index (χ0) is 22.1. The lowest BCUT2D eigenvalue weighted by molar-refractivity contribution is -0.142. The fourth-order valence-corrected chi connectivity index (χ4v) is 4.61. The maximum atomic E-state index is 11.9. The van der Waals surface area contributed by atoms with Crippen molar-refractivity contribution in [3.8, 4) is 28.1 Å². The van der Waals surface area contributed by atoms with Crippen LogP contribution in [-0.4, -0.2) is 21.6 Å². The minimum absolute atomic E-state index is 0.147. The van der Waals surface area contributed by atoms with Crippen LogP contribution in [0, 0.1) is 0 Å². The summed E-state index contributed by atoms with van der Waals surface area (Å²) < 4.78 is 7.73. The standard InChI is InChI=1S/C27H23NO4/c29-23(30)15-16-24(31)32-21-13-11-20(12-14-21)27-25(18-6-2-1-3-7-18)22-10-4-8-19-9-5-17-28(27)26(19)22/h1-4,6-8,10-14H,5,9,15-17H2,(H,29,30). The molecule has 160 valence electrons. The Kier molecular flexibility index (Phi) is 5.23. The first kappa shape index (κ1) is 20.1. The first-order valence-electron chi connectivity index (χ1n) is 10.8. The maximum absolute atomic E-state index is 11.9. The van der Waals surface area contributed by atoms with Gasteiger partial charge >= 0.3 is 11.9 Å². The molecule has 0 spiro atoms. The van der Waals surface area contributed by atoms with Crippen LogP contribution in [0.15, 0.2) is 72.8 Å². The molecule has 0 saturated carbocycles. The normalized spacial score (nSPS) is 12.6. The average Bonchev–Trinajstić information content (AvgIpc) is 3.15. The number of carboxylic acids is 1. The number of carboxylic acid groups (broad SMARTS) is 1. The Labute approximate surface area is 185 Å². The van der Waals surface area contributed by atoms with Crippen LogP contribution in [0.1, 0.15) is 24.8 Å². The predicted octanol–water partition coefficient (Wildman–Crippen LogP) is 5.69. The van der Waals surface area contributed by atoms with Crippen molar-refractivity contribution in [2.75, 3.05) is 0 Å². The number of aryl methyl sites for hydroxylation is 2. The van der Waals surface area contributed by atoms with Crippen molar-refractivity contribution in [2.24, 2.45) is 0 Å². The van der Waals surface area contributed by atoms with E-state index >= 15 is 0 Å². The summed E-state index contributed by atoms with van der Waals surface area (Å²) in [7, 11) is 0. The molecule has 32 heavy (non-hydrogen) atoms. The summed E-state index contributed by atoms with van der Waals surface area (Å²) in [6, 6.07) is 24.5. The van der Waals surface area contributed by atoms with Crippen LogP contribution in [-0.2, 0) is 22.6 Å². The van der Waals surface area contributed by atoms with E-state index in [-0.39, 0.29) is 12.8 Å². The number of carbonyl (C=O) groups is 2. The molecule has 4 aromatic rings. The molecule has 1 aliphatic heterocycles. The van der Waals surface area contributed by atoms with Crippen LogP contribution in [0.5, 0.6) is 5.75 Å². The molecule has 0 radical (unpaired) electrons. The molecule has 5 rings (SSSR count). The summed E-state index contributed by atoms with van der Waals surface area (Å²) >= 11 is 0. The Morgan fingerprint density at radius 2 is 1.66 bits per heavy atom. The van der Waals surface area contributed by atoms with Gasteiger partial charge in [0.15, 0.2) is 0 Å². The van der Waals surface area contributed by atoms with Crippen molar-refractivity contribution in [1.82, 2.24) is 4.57 Å². The third kappa shape index (κ3) is 3.66. The maximum Gasteiger partial charge on any atom is 0.311 e. The fraction of sp³-hybridized carbons (Fsp3) is 0.185. The lowest BCUT2D eigenvalue weighted by Crippen LogP contribution is -2.10. The number of para-hydroxylation sites is 1. The number of benzene rings is 3. The van der Waals surface area contributed by atoms with E-state index in [9.17, 15) is 9.59 Å². The summed E-state index contributed by atoms with van der Waals surface area (Å²) in [5.74, 6) is -1.14. The van der Waals surface area contributed by atoms with Crippen LogP contribution in [0.3, 0.4) is 0 Å². The zero-order valence-corrected chi connectivity index (χ0v) is 17.6. The van der Waals surface area contributed by atoms with Gasteiger partial charge in [0, 0.05) is 17.5 Å². The van der Waals surface area contributed by atoms with E-state index in [1.165, 1.54) is 33.3 Å². The van der Waals surface area contributed by atoms with Crippen molar-refractivity contribution >= 4 is 22.8 Å². The van der Waals surface area contributed by atoms with Crippen molar-refractivity contribution in [1.29, 1.82) is 0 Å². The van der Waals surface area contributed by atoms with Gasteiger partial charge in [-0.3, -0.25) is 9.59 Å². The second kappa shape index (κ2) is 8.35. The molecular formula is C27H23NO4. The molecule has 1 aliphatic rings. The van der Waals surface area contributed by atoms with Crippen LogP contribution in [0.4, 0.5) is 0 Å². The Morgan fingerprint density at radius 1 is 0.875 bits per heavy atom. The quantitative estimate of drug-likeness (QED) is 0.318. The SMILES string of the molecule is O=C(O)CCC(=O)Oc1ccc(-c2c(-c3ccccc3)c3cccc4c3n2CCC4)cc1. The summed E-state index contributed by atoms with van der Waals surface area (Å²) in [4.78, 5) is 22.5. The van der Waals surface area contributed by atoms with E-state index in [2.05, 4.69) is 47.0 Å². The van der Waals surface area contributed by atoms with Gasteiger partial charge in [-0.25, -0.2) is 0 Å². The number of aliphatic carboxylic acids is 1. The second-order valence-electron chi connectivity index (χ2n) is 8.05. The number of rotatable bonds is 6. The Bertz CT molecular complexity index is 1300. The highest BCUT2D eigenvalue weighted by Crippen LogP contribution is 2.43. The molecule has 5 nitrogen and oxygen atoms in total.